The fourth-order valence-electron chi connectivity index (χ4n) is 1.38. The van der Waals surface area contributed by atoms with Crippen molar-refractivity contribution in [3.8, 4) is 0 Å². The number of aromatic nitrogens is 2. The molecule has 0 radical (unpaired) electrons. The third-order valence-corrected chi connectivity index (χ3v) is 2.45. The molecule has 1 heterocycles. The lowest BCUT2D eigenvalue weighted by Gasteiger charge is -2.14. The van der Waals surface area contributed by atoms with Crippen molar-refractivity contribution in [1.29, 1.82) is 0 Å². The van der Waals surface area contributed by atoms with E-state index in [4.69, 9.17) is 5.11 Å². The Balaban J connectivity index is 2.45. The minimum absolute atomic E-state index is 0.00122. The molecule has 1 amide bonds. The maximum Gasteiger partial charge on any atom is 0.303 e. The van der Waals surface area contributed by atoms with E-state index in [1.165, 1.54) is 0 Å². The predicted octanol–water partition coefficient (Wildman–Crippen LogP) is 1.90. The fraction of sp³-hybridized carbons (Fsp3) is 0.583. The van der Waals surface area contributed by atoms with Gasteiger partial charge < -0.3 is 10.4 Å². The number of nitrogens with one attached hydrogen (secondary N) is 2. The van der Waals surface area contributed by atoms with Gasteiger partial charge >= 0.3 is 5.97 Å². The quantitative estimate of drug-likeness (QED) is 0.746. The summed E-state index contributed by atoms with van der Waals surface area (Å²) < 4.78 is 0. The van der Waals surface area contributed by atoms with Crippen LogP contribution in [0.1, 0.15) is 45.7 Å². The van der Waals surface area contributed by atoms with Gasteiger partial charge in [0.05, 0.1) is 0 Å². The lowest BCUT2D eigenvalue weighted by Crippen LogP contribution is -2.12. The largest absolute Gasteiger partial charge is 0.481 e. The van der Waals surface area contributed by atoms with Crippen molar-refractivity contribution in [2.24, 2.45) is 0 Å². The molecule has 3 N–H and O–H groups in total. The zero-order valence-electron chi connectivity index (χ0n) is 10.9. The number of aromatic amines is 1. The highest BCUT2D eigenvalue weighted by Crippen LogP contribution is 2.21. The Bertz CT molecular complexity index is 432. The summed E-state index contributed by atoms with van der Waals surface area (Å²) in [6.45, 7) is 6.12. The van der Waals surface area contributed by atoms with Gasteiger partial charge in [0.2, 0.25) is 5.91 Å². The Morgan fingerprint density at radius 1 is 1.39 bits per heavy atom. The number of carbonyl (C=O) groups is 2. The molecular formula is C12H19N3O3. The van der Waals surface area contributed by atoms with Crippen molar-refractivity contribution in [3.05, 3.63) is 11.8 Å². The molecule has 6 heteroatoms. The molecule has 0 aliphatic carbocycles. The summed E-state index contributed by atoms with van der Waals surface area (Å²) in [5.74, 6) is -0.638. The van der Waals surface area contributed by atoms with Crippen molar-refractivity contribution >= 4 is 17.7 Å². The molecule has 0 atom stereocenters. The predicted molar refractivity (Wildman–Crippen MR) is 67.4 cm³/mol. The molecule has 1 aromatic heterocycles. The second-order valence-corrected chi connectivity index (χ2v) is 5.21. The van der Waals surface area contributed by atoms with Gasteiger partial charge in [-0.05, 0) is 6.42 Å². The number of amides is 1. The second-order valence-electron chi connectivity index (χ2n) is 5.21. The molecule has 1 rings (SSSR count). The van der Waals surface area contributed by atoms with Crippen molar-refractivity contribution in [2.75, 3.05) is 5.32 Å². The van der Waals surface area contributed by atoms with Gasteiger partial charge in [0.15, 0.2) is 5.82 Å². The summed E-state index contributed by atoms with van der Waals surface area (Å²) in [4.78, 5) is 21.8. The zero-order chi connectivity index (χ0) is 13.8. The van der Waals surface area contributed by atoms with E-state index in [0.717, 1.165) is 5.69 Å². The summed E-state index contributed by atoms with van der Waals surface area (Å²) in [7, 11) is 0. The summed E-state index contributed by atoms with van der Waals surface area (Å²) in [5, 5.41) is 18.0. The van der Waals surface area contributed by atoms with Crippen LogP contribution in [0.25, 0.3) is 0 Å². The van der Waals surface area contributed by atoms with E-state index in [1.807, 2.05) is 20.8 Å². The molecule has 0 aromatic carbocycles. The number of carboxylic acid groups (broad SMARTS) is 1. The average Bonchev–Trinajstić information content (AvgIpc) is 2.64. The number of H-pyrrole nitrogens is 1. The Morgan fingerprint density at radius 3 is 2.56 bits per heavy atom. The molecule has 0 unspecified atom stereocenters. The topological polar surface area (TPSA) is 95.1 Å². The number of hydrogen-bond acceptors (Lipinski definition) is 3. The number of anilines is 1. The normalized spacial score (nSPS) is 11.3. The van der Waals surface area contributed by atoms with Crippen LogP contribution in [0.2, 0.25) is 0 Å². The molecule has 0 aliphatic rings. The molecule has 0 saturated carbocycles. The number of carbonyl (C=O) groups excluding carboxylic acids is 1. The Morgan fingerprint density at radius 2 is 2.06 bits per heavy atom. The van der Waals surface area contributed by atoms with Gasteiger partial charge in [0, 0.05) is 30.0 Å². The highest BCUT2D eigenvalue weighted by Gasteiger charge is 2.17. The van der Waals surface area contributed by atoms with Crippen LogP contribution in [-0.4, -0.2) is 27.2 Å². The van der Waals surface area contributed by atoms with Crippen molar-refractivity contribution in [3.63, 3.8) is 0 Å². The first-order chi connectivity index (χ1) is 8.29. The summed E-state index contributed by atoms with van der Waals surface area (Å²) >= 11 is 0. The first kappa shape index (κ1) is 14.2. The molecular weight excluding hydrogens is 234 g/mol. The summed E-state index contributed by atoms with van der Waals surface area (Å²) in [6, 6.07) is 1.79. The van der Waals surface area contributed by atoms with Crippen molar-refractivity contribution < 1.29 is 14.7 Å². The van der Waals surface area contributed by atoms with Gasteiger partial charge in [-0.3, -0.25) is 14.7 Å². The van der Waals surface area contributed by atoms with Gasteiger partial charge in [0.25, 0.3) is 0 Å². The van der Waals surface area contributed by atoms with Gasteiger partial charge in [-0.2, -0.15) is 5.10 Å². The highest BCUT2D eigenvalue weighted by atomic mass is 16.4. The van der Waals surface area contributed by atoms with Crippen LogP contribution in [0.4, 0.5) is 5.82 Å². The lowest BCUT2D eigenvalue weighted by atomic mass is 9.92. The van der Waals surface area contributed by atoms with Gasteiger partial charge in [-0.25, -0.2) is 0 Å². The maximum atomic E-state index is 11.5. The molecule has 1 aromatic rings. The van der Waals surface area contributed by atoms with E-state index < -0.39 is 5.97 Å². The smallest absolute Gasteiger partial charge is 0.303 e. The van der Waals surface area contributed by atoms with Crippen LogP contribution in [0.3, 0.4) is 0 Å². The highest BCUT2D eigenvalue weighted by molar-refractivity contribution is 5.89. The minimum Gasteiger partial charge on any atom is -0.481 e. The molecule has 0 saturated heterocycles. The molecule has 18 heavy (non-hydrogen) atoms. The third-order valence-electron chi connectivity index (χ3n) is 2.45. The number of rotatable bonds is 5. The number of nitrogens with zero attached hydrogens (tertiary/aromatic N) is 1. The van der Waals surface area contributed by atoms with Crippen molar-refractivity contribution in [2.45, 2.75) is 45.4 Å². The first-order valence-corrected chi connectivity index (χ1v) is 5.86. The van der Waals surface area contributed by atoms with E-state index in [0.29, 0.717) is 12.2 Å². The Hall–Kier alpha value is -1.85. The SMILES string of the molecule is CC(C)(C)c1cc(NC(=O)CCCC(=O)O)n[nH]1. The van der Waals surface area contributed by atoms with Crippen LogP contribution in [0.15, 0.2) is 6.07 Å². The Labute approximate surface area is 106 Å². The van der Waals surface area contributed by atoms with E-state index in [1.54, 1.807) is 6.07 Å². The van der Waals surface area contributed by atoms with Crippen LogP contribution in [-0.2, 0) is 15.0 Å². The lowest BCUT2D eigenvalue weighted by molar-refractivity contribution is -0.137. The summed E-state index contributed by atoms with van der Waals surface area (Å²) in [5.41, 5.74) is 0.877. The van der Waals surface area contributed by atoms with Crippen LogP contribution < -0.4 is 5.32 Å². The van der Waals surface area contributed by atoms with Gasteiger partial charge in [-0.15, -0.1) is 0 Å². The zero-order valence-corrected chi connectivity index (χ0v) is 10.9. The van der Waals surface area contributed by atoms with E-state index in [-0.39, 0.29) is 24.2 Å². The second kappa shape index (κ2) is 5.66. The molecule has 6 nitrogen and oxygen atoms in total. The van der Waals surface area contributed by atoms with E-state index in [2.05, 4.69) is 15.5 Å². The number of aliphatic carboxylic acids is 1. The molecule has 0 aliphatic heterocycles. The first-order valence-electron chi connectivity index (χ1n) is 5.86. The standard InChI is InChI=1S/C12H19N3O3/c1-12(2,3)8-7-9(15-14-8)13-10(16)5-4-6-11(17)18/h7H,4-6H2,1-3H3,(H,17,18)(H2,13,14,15,16). The van der Waals surface area contributed by atoms with Crippen molar-refractivity contribution in [1.82, 2.24) is 10.2 Å². The number of carboxylic acids is 1. The molecule has 0 spiro atoms. The van der Waals surface area contributed by atoms with Crippen LogP contribution in [0.5, 0.6) is 0 Å². The van der Waals surface area contributed by atoms with Crippen LogP contribution in [0, 0.1) is 0 Å². The maximum absolute atomic E-state index is 11.5. The Kier molecular flexibility index (Phi) is 4.47. The minimum atomic E-state index is -0.891. The molecule has 0 bridgehead atoms. The van der Waals surface area contributed by atoms with Gasteiger partial charge in [0.1, 0.15) is 0 Å². The van der Waals surface area contributed by atoms with E-state index >= 15 is 0 Å². The molecule has 100 valence electrons. The van der Waals surface area contributed by atoms with Gasteiger partial charge in [-0.1, -0.05) is 20.8 Å². The fourth-order valence-corrected chi connectivity index (χ4v) is 1.38. The third kappa shape index (κ3) is 4.57. The van der Waals surface area contributed by atoms with E-state index in [9.17, 15) is 9.59 Å². The number of hydrogen-bond donors (Lipinski definition) is 3. The average molecular weight is 253 g/mol. The molecule has 0 fully saturated rings. The monoisotopic (exact) mass is 253 g/mol. The summed E-state index contributed by atoms with van der Waals surface area (Å²) in [6.07, 6.45) is 0.517. The van der Waals surface area contributed by atoms with Crippen LogP contribution >= 0.6 is 0 Å².